The topological polar surface area (TPSA) is 57.5 Å². The number of hydrogen-bond donors (Lipinski definition) is 2. The van der Waals surface area contributed by atoms with E-state index in [4.69, 9.17) is 16.7 Å². The number of carboxylic acids is 1. The lowest BCUT2D eigenvalue weighted by molar-refractivity contribution is -0.146. The number of carbonyl (C=O) groups is 1. The minimum absolute atomic E-state index is 0.00140. The van der Waals surface area contributed by atoms with Gasteiger partial charge in [-0.1, -0.05) is 17.7 Å². The van der Waals surface area contributed by atoms with E-state index in [0.717, 1.165) is 11.1 Å². The first-order valence-electron chi connectivity index (χ1n) is 5.37. The molecule has 0 aliphatic carbocycles. The number of aryl methyl sites for hydroxylation is 2. The number of phenolic OH excluding ortho intramolecular Hbond substituents is 1. The van der Waals surface area contributed by atoms with E-state index in [9.17, 15) is 9.90 Å². The quantitative estimate of drug-likeness (QED) is 0.872. The summed E-state index contributed by atoms with van der Waals surface area (Å²) in [6.45, 7) is 6.90. The van der Waals surface area contributed by atoms with Crippen LogP contribution in [0.5, 0.6) is 5.75 Å². The van der Waals surface area contributed by atoms with Crippen molar-refractivity contribution >= 4 is 17.6 Å². The number of halogens is 1. The highest BCUT2D eigenvalue weighted by molar-refractivity contribution is 6.32. The number of aromatic hydroxyl groups is 1. The van der Waals surface area contributed by atoms with Crippen LogP contribution >= 0.6 is 11.6 Å². The second-order valence-corrected chi connectivity index (χ2v) is 5.40. The highest BCUT2D eigenvalue weighted by atomic mass is 35.5. The average molecular weight is 257 g/mol. The predicted octanol–water partition coefficient (Wildman–Crippen LogP) is 3.32. The standard InChI is InChI=1S/C13H17ClO3/c1-7-5-8(2)10(14)11(15)9(7)6-13(3,4)12(16)17/h5,15H,6H2,1-4H3,(H,16,17). The van der Waals surface area contributed by atoms with Gasteiger partial charge in [-0.15, -0.1) is 0 Å². The SMILES string of the molecule is Cc1cc(C)c(CC(C)(C)C(=O)O)c(O)c1Cl. The fraction of sp³-hybridized carbons (Fsp3) is 0.462. The Kier molecular flexibility index (Phi) is 3.72. The first-order chi connectivity index (χ1) is 7.66. The smallest absolute Gasteiger partial charge is 0.309 e. The lowest BCUT2D eigenvalue weighted by atomic mass is 9.83. The number of carboxylic acid groups (broad SMARTS) is 1. The molecule has 0 saturated carbocycles. The van der Waals surface area contributed by atoms with Crippen molar-refractivity contribution in [2.45, 2.75) is 34.1 Å². The Morgan fingerprint density at radius 3 is 2.35 bits per heavy atom. The van der Waals surface area contributed by atoms with Crippen LogP contribution in [-0.2, 0) is 11.2 Å². The fourth-order valence-electron chi connectivity index (χ4n) is 1.72. The Balaban J connectivity index is 3.25. The highest BCUT2D eigenvalue weighted by Crippen LogP contribution is 2.37. The first-order valence-corrected chi connectivity index (χ1v) is 5.75. The number of aliphatic carboxylic acids is 1. The fourth-order valence-corrected chi connectivity index (χ4v) is 1.89. The number of benzene rings is 1. The van der Waals surface area contributed by atoms with Crippen molar-refractivity contribution in [2.75, 3.05) is 0 Å². The summed E-state index contributed by atoms with van der Waals surface area (Å²) in [6, 6.07) is 1.86. The summed E-state index contributed by atoms with van der Waals surface area (Å²) in [5.41, 5.74) is 1.33. The lowest BCUT2D eigenvalue weighted by Gasteiger charge is -2.22. The van der Waals surface area contributed by atoms with Gasteiger partial charge < -0.3 is 10.2 Å². The zero-order valence-electron chi connectivity index (χ0n) is 10.5. The molecule has 0 aliphatic heterocycles. The Morgan fingerprint density at radius 1 is 1.35 bits per heavy atom. The van der Waals surface area contributed by atoms with Crippen LogP contribution in [0.1, 0.15) is 30.5 Å². The van der Waals surface area contributed by atoms with Gasteiger partial charge in [0, 0.05) is 0 Å². The zero-order chi connectivity index (χ0) is 13.4. The molecule has 2 N–H and O–H groups in total. The second-order valence-electron chi connectivity index (χ2n) is 5.02. The predicted molar refractivity (Wildman–Crippen MR) is 67.7 cm³/mol. The van der Waals surface area contributed by atoms with Crippen molar-refractivity contribution in [3.05, 3.63) is 27.8 Å². The molecule has 0 unspecified atom stereocenters. The Labute approximate surface area is 106 Å². The van der Waals surface area contributed by atoms with E-state index >= 15 is 0 Å². The summed E-state index contributed by atoms with van der Waals surface area (Å²) >= 11 is 5.97. The summed E-state index contributed by atoms with van der Waals surface area (Å²) in [6.07, 6.45) is 0.250. The molecular weight excluding hydrogens is 240 g/mol. The lowest BCUT2D eigenvalue weighted by Crippen LogP contribution is -2.26. The number of phenols is 1. The Bertz CT molecular complexity index is 464. The van der Waals surface area contributed by atoms with E-state index in [1.807, 2.05) is 13.0 Å². The van der Waals surface area contributed by atoms with Crippen LogP contribution < -0.4 is 0 Å². The molecule has 17 heavy (non-hydrogen) atoms. The molecule has 1 aromatic carbocycles. The molecule has 0 atom stereocenters. The van der Waals surface area contributed by atoms with Crippen molar-refractivity contribution in [3.8, 4) is 5.75 Å². The van der Waals surface area contributed by atoms with Gasteiger partial charge in [-0.05, 0) is 50.8 Å². The Morgan fingerprint density at radius 2 is 1.88 bits per heavy atom. The van der Waals surface area contributed by atoms with Crippen LogP contribution in [-0.4, -0.2) is 16.2 Å². The molecule has 0 bridgehead atoms. The van der Waals surface area contributed by atoms with Gasteiger partial charge in [0.15, 0.2) is 0 Å². The number of hydrogen-bond acceptors (Lipinski definition) is 2. The minimum atomic E-state index is -0.930. The second kappa shape index (κ2) is 4.57. The Hall–Kier alpha value is -1.22. The molecule has 94 valence electrons. The molecular formula is C13H17ClO3. The van der Waals surface area contributed by atoms with E-state index in [0.29, 0.717) is 10.6 Å². The molecule has 0 saturated heterocycles. The van der Waals surface area contributed by atoms with Crippen molar-refractivity contribution < 1.29 is 15.0 Å². The van der Waals surface area contributed by atoms with Crippen molar-refractivity contribution in [1.82, 2.24) is 0 Å². The maximum absolute atomic E-state index is 11.1. The van der Waals surface area contributed by atoms with E-state index in [1.54, 1.807) is 20.8 Å². The van der Waals surface area contributed by atoms with Gasteiger partial charge in [0.2, 0.25) is 0 Å². The van der Waals surface area contributed by atoms with Crippen LogP contribution in [0.2, 0.25) is 5.02 Å². The molecule has 0 aromatic heterocycles. The van der Waals surface area contributed by atoms with Crippen molar-refractivity contribution in [1.29, 1.82) is 0 Å². The molecule has 0 radical (unpaired) electrons. The normalized spacial score (nSPS) is 11.6. The molecule has 1 aromatic rings. The first kappa shape index (κ1) is 13.8. The summed E-state index contributed by atoms with van der Waals surface area (Å²) in [4.78, 5) is 11.1. The van der Waals surface area contributed by atoms with E-state index in [2.05, 4.69) is 0 Å². The van der Waals surface area contributed by atoms with Crippen LogP contribution in [0.3, 0.4) is 0 Å². The third-order valence-electron chi connectivity index (χ3n) is 2.95. The van der Waals surface area contributed by atoms with Gasteiger partial charge in [-0.3, -0.25) is 4.79 Å². The van der Waals surface area contributed by atoms with Gasteiger partial charge in [0.05, 0.1) is 10.4 Å². The third-order valence-corrected chi connectivity index (χ3v) is 3.42. The minimum Gasteiger partial charge on any atom is -0.506 e. The summed E-state index contributed by atoms with van der Waals surface area (Å²) in [5.74, 6) is -0.897. The van der Waals surface area contributed by atoms with Crippen LogP contribution in [0.4, 0.5) is 0 Å². The summed E-state index contributed by atoms with van der Waals surface area (Å²) < 4.78 is 0. The molecule has 4 heteroatoms. The van der Waals surface area contributed by atoms with E-state index in [1.165, 1.54) is 0 Å². The third kappa shape index (κ3) is 2.72. The molecule has 0 spiro atoms. The van der Waals surface area contributed by atoms with Crippen LogP contribution in [0.25, 0.3) is 0 Å². The highest BCUT2D eigenvalue weighted by Gasteiger charge is 2.29. The van der Waals surface area contributed by atoms with Crippen LogP contribution in [0.15, 0.2) is 6.07 Å². The molecule has 0 amide bonds. The van der Waals surface area contributed by atoms with Gasteiger partial charge >= 0.3 is 5.97 Å². The van der Waals surface area contributed by atoms with Crippen molar-refractivity contribution in [3.63, 3.8) is 0 Å². The molecule has 0 fully saturated rings. The van der Waals surface area contributed by atoms with Gasteiger partial charge in [0.25, 0.3) is 0 Å². The van der Waals surface area contributed by atoms with Gasteiger partial charge in [-0.2, -0.15) is 0 Å². The van der Waals surface area contributed by atoms with Crippen molar-refractivity contribution in [2.24, 2.45) is 5.41 Å². The van der Waals surface area contributed by atoms with Gasteiger partial charge in [0.1, 0.15) is 5.75 Å². The van der Waals surface area contributed by atoms with E-state index < -0.39 is 11.4 Å². The molecule has 3 nitrogen and oxygen atoms in total. The summed E-state index contributed by atoms with van der Waals surface area (Å²) in [7, 11) is 0. The van der Waals surface area contributed by atoms with Crippen LogP contribution in [0, 0.1) is 19.3 Å². The average Bonchev–Trinajstić information content (AvgIpc) is 2.21. The molecule has 0 heterocycles. The van der Waals surface area contributed by atoms with E-state index in [-0.39, 0.29) is 12.2 Å². The summed E-state index contributed by atoms with van der Waals surface area (Å²) in [5, 5.41) is 19.4. The molecule has 0 aliphatic rings. The maximum Gasteiger partial charge on any atom is 0.309 e. The maximum atomic E-state index is 11.1. The zero-order valence-corrected chi connectivity index (χ0v) is 11.2. The monoisotopic (exact) mass is 256 g/mol. The van der Waals surface area contributed by atoms with Gasteiger partial charge in [-0.25, -0.2) is 0 Å². The number of rotatable bonds is 3. The largest absolute Gasteiger partial charge is 0.506 e. The molecule has 1 rings (SSSR count).